The molecular formula is C21H18BrClFNO. The van der Waals surface area contributed by atoms with Gasteiger partial charge >= 0.3 is 0 Å². The van der Waals surface area contributed by atoms with Crippen LogP contribution in [0.15, 0.2) is 71.2 Å². The fourth-order valence-electron chi connectivity index (χ4n) is 2.76. The number of benzene rings is 3. The van der Waals surface area contributed by atoms with Crippen LogP contribution in [0.2, 0.25) is 5.02 Å². The zero-order valence-electron chi connectivity index (χ0n) is 13.9. The molecule has 5 heteroatoms. The van der Waals surface area contributed by atoms with Gasteiger partial charge in [-0.1, -0.05) is 63.9 Å². The summed E-state index contributed by atoms with van der Waals surface area (Å²) in [7, 11) is 0. The van der Waals surface area contributed by atoms with Gasteiger partial charge < -0.3 is 10.4 Å². The Bertz CT molecular complexity index is 885. The molecule has 0 bridgehead atoms. The van der Waals surface area contributed by atoms with E-state index in [0.29, 0.717) is 6.54 Å². The van der Waals surface area contributed by atoms with E-state index < -0.39 is 5.82 Å². The van der Waals surface area contributed by atoms with Crippen LogP contribution in [0.1, 0.15) is 17.2 Å². The molecule has 0 spiro atoms. The summed E-state index contributed by atoms with van der Waals surface area (Å²) in [5.41, 5.74) is 4.11. The van der Waals surface area contributed by atoms with Gasteiger partial charge in [-0.3, -0.25) is 0 Å². The molecule has 26 heavy (non-hydrogen) atoms. The van der Waals surface area contributed by atoms with Crippen LogP contribution in [-0.4, -0.2) is 11.7 Å². The van der Waals surface area contributed by atoms with Gasteiger partial charge in [0.05, 0.1) is 17.7 Å². The molecule has 0 aliphatic rings. The molecule has 2 nitrogen and oxygen atoms in total. The first-order valence-corrected chi connectivity index (χ1v) is 9.38. The first-order chi connectivity index (χ1) is 12.6. The van der Waals surface area contributed by atoms with Crippen molar-refractivity contribution in [2.24, 2.45) is 0 Å². The second-order valence-electron chi connectivity index (χ2n) is 6.00. The molecule has 3 aromatic carbocycles. The smallest absolute Gasteiger partial charge is 0.141 e. The van der Waals surface area contributed by atoms with E-state index >= 15 is 0 Å². The van der Waals surface area contributed by atoms with Crippen molar-refractivity contribution in [2.75, 3.05) is 6.61 Å². The summed E-state index contributed by atoms with van der Waals surface area (Å²) < 4.78 is 14.4. The van der Waals surface area contributed by atoms with Gasteiger partial charge in [-0.05, 0) is 52.6 Å². The average molecular weight is 435 g/mol. The number of aliphatic hydroxyl groups excluding tert-OH is 1. The van der Waals surface area contributed by atoms with Crippen LogP contribution < -0.4 is 5.32 Å². The highest BCUT2D eigenvalue weighted by atomic mass is 79.9. The Kier molecular flexibility index (Phi) is 6.43. The Balaban J connectivity index is 1.73. The largest absolute Gasteiger partial charge is 0.394 e. The molecular weight excluding hydrogens is 417 g/mol. The van der Waals surface area contributed by atoms with Crippen molar-refractivity contribution < 1.29 is 9.50 Å². The molecule has 1 unspecified atom stereocenters. The number of halogens is 3. The van der Waals surface area contributed by atoms with E-state index in [1.807, 2.05) is 24.3 Å². The van der Waals surface area contributed by atoms with Crippen LogP contribution in [0, 0.1) is 5.82 Å². The molecule has 0 saturated heterocycles. The van der Waals surface area contributed by atoms with Crippen molar-refractivity contribution in [3.63, 3.8) is 0 Å². The summed E-state index contributed by atoms with van der Waals surface area (Å²) >= 11 is 9.29. The van der Waals surface area contributed by atoms with Crippen LogP contribution >= 0.6 is 27.5 Å². The summed E-state index contributed by atoms with van der Waals surface area (Å²) in [6, 6.07) is 20.6. The molecule has 3 aromatic rings. The van der Waals surface area contributed by atoms with Gasteiger partial charge in [0.15, 0.2) is 0 Å². The fraction of sp³-hybridized carbons (Fsp3) is 0.143. The molecule has 0 heterocycles. The minimum absolute atomic E-state index is 0.0555. The van der Waals surface area contributed by atoms with Gasteiger partial charge in [0.1, 0.15) is 5.82 Å². The Hall–Kier alpha value is -1.72. The molecule has 0 amide bonds. The zero-order valence-corrected chi connectivity index (χ0v) is 16.3. The molecule has 0 aromatic heterocycles. The highest BCUT2D eigenvalue weighted by Gasteiger charge is 2.12. The number of aliphatic hydroxyl groups is 1. The molecule has 3 rings (SSSR count). The minimum Gasteiger partial charge on any atom is -0.394 e. The summed E-state index contributed by atoms with van der Waals surface area (Å²) in [4.78, 5) is 0. The third kappa shape index (κ3) is 4.71. The number of rotatable bonds is 6. The maximum absolute atomic E-state index is 13.3. The molecule has 1 atom stereocenters. The molecule has 134 valence electrons. The standard InChI is InChI=1S/C21H18BrClFNO/c22-18-7-4-15(5-8-18)16-3-1-2-14(10-16)12-25-21(13-26)17-6-9-20(24)19(23)11-17/h1-11,21,25-26H,12-13H2. The summed E-state index contributed by atoms with van der Waals surface area (Å²) in [6.07, 6.45) is 0. The maximum Gasteiger partial charge on any atom is 0.141 e. The van der Waals surface area contributed by atoms with Crippen LogP contribution in [-0.2, 0) is 6.54 Å². The highest BCUT2D eigenvalue weighted by molar-refractivity contribution is 9.10. The third-order valence-corrected chi connectivity index (χ3v) is 5.00. The van der Waals surface area contributed by atoms with Crippen LogP contribution in [0.5, 0.6) is 0 Å². The number of hydrogen-bond acceptors (Lipinski definition) is 2. The van der Waals surface area contributed by atoms with Crippen molar-refractivity contribution in [1.29, 1.82) is 0 Å². The Morgan fingerprint density at radius 2 is 1.77 bits per heavy atom. The lowest BCUT2D eigenvalue weighted by Gasteiger charge is -2.17. The normalized spacial score (nSPS) is 12.2. The molecule has 0 radical (unpaired) electrons. The van der Waals surface area contributed by atoms with Crippen molar-refractivity contribution in [2.45, 2.75) is 12.6 Å². The second kappa shape index (κ2) is 8.78. The predicted molar refractivity (Wildman–Crippen MR) is 108 cm³/mol. The van der Waals surface area contributed by atoms with Gasteiger partial charge in [0, 0.05) is 11.0 Å². The van der Waals surface area contributed by atoms with Crippen LogP contribution in [0.4, 0.5) is 4.39 Å². The van der Waals surface area contributed by atoms with E-state index in [1.54, 1.807) is 12.1 Å². The van der Waals surface area contributed by atoms with E-state index in [2.05, 4.69) is 45.5 Å². The topological polar surface area (TPSA) is 32.3 Å². The van der Waals surface area contributed by atoms with E-state index in [9.17, 15) is 9.50 Å². The summed E-state index contributed by atoms with van der Waals surface area (Å²) in [5.74, 6) is -0.464. The quantitative estimate of drug-likeness (QED) is 0.519. The van der Waals surface area contributed by atoms with E-state index in [-0.39, 0.29) is 17.7 Å². The Morgan fingerprint density at radius 1 is 1.00 bits per heavy atom. The number of hydrogen-bond donors (Lipinski definition) is 2. The van der Waals surface area contributed by atoms with Gasteiger partial charge in [0.25, 0.3) is 0 Å². The summed E-state index contributed by atoms with van der Waals surface area (Å²) in [5, 5.41) is 13.0. The van der Waals surface area contributed by atoms with Gasteiger partial charge in [-0.2, -0.15) is 0 Å². The molecule has 0 fully saturated rings. The zero-order chi connectivity index (χ0) is 18.5. The summed E-state index contributed by atoms with van der Waals surface area (Å²) in [6.45, 7) is 0.471. The maximum atomic E-state index is 13.3. The Labute approximate surface area is 165 Å². The molecule has 0 aliphatic carbocycles. The highest BCUT2D eigenvalue weighted by Crippen LogP contribution is 2.24. The fourth-order valence-corrected chi connectivity index (χ4v) is 3.21. The lowest BCUT2D eigenvalue weighted by atomic mass is 10.0. The minimum atomic E-state index is -0.464. The number of nitrogens with one attached hydrogen (secondary N) is 1. The predicted octanol–water partition coefficient (Wildman–Crippen LogP) is 5.73. The van der Waals surface area contributed by atoms with Crippen molar-refractivity contribution >= 4 is 27.5 Å². The molecule has 0 aliphatic heterocycles. The van der Waals surface area contributed by atoms with Crippen LogP contribution in [0.3, 0.4) is 0 Å². The first kappa shape index (κ1) is 19.1. The third-order valence-electron chi connectivity index (χ3n) is 4.19. The van der Waals surface area contributed by atoms with E-state index in [0.717, 1.165) is 26.7 Å². The van der Waals surface area contributed by atoms with E-state index in [1.165, 1.54) is 6.07 Å². The van der Waals surface area contributed by atoms with Crippen molar-refractivity contribution in [1.82, 2.24) is 5.32 Å². The SMILES string of the molecule is OCC(NCc1cccc(-c2ccc(Br)cc2)c1)c1ccc(F)c(Cl)c1. The second-order valence-corrected chi connectivity index (χ2v) is 7.32. The molecule has 0 saturated carbocycles. The van der Waals surface area contributed by atoms with Gasteiger partial charge in [-0.15, -0.1) is 0 Å². The lowest BCUT2D eigenvalue weighted by Crippen LogP contribution is -2.24. The average Bonchev–Trinajstić information content (AvgIpc) is 2.66. The van der Waals surface area contributed by atoms with E-state index in [4.69, 9.17) is 11.6 Å². The Morgan fingerprint density at radius 3 is 2.46 bits per heavy atom. The van der Waals surface area contributed by atoms with Crippen molar-refractivity contribution in [3.8, 4) is 11.1 Å². The first-order valence-electron chi connectivity index (χ1n) is 8.21. The monoisotopic (exact) mass is 433 g/mol. The lowest BCUT2D eigenvalue weighted by molar-refractivity contribution is 0.243. The van der Waals surface area contributed by atoms with Crippen LogP contribution in [0.25, 0.3) is 11.1 Å². The molecule has 2 N–H and O–H groups in total. The van der Waals surface area contributed by atoms with Gasteiger partial charge in [0.2, 0.25) is 0 Å². The van der Waals surface area contributed by atoms with Gasteiger partial charge in [-0.25, -0.2) is 4.39 Å². The van der Waals surface area contributed by atoms with Crippen molar-refractivity contribution in [3.05, 3.63) is 93.2 Å².